The highest BCUT2D eigenvalue weighted by Gasteiger charge is 2.21. The van der Waals surface area contributed by atoms with E-state index in [0.29, 0.717) is 13.0 Å². The number of piperazine rings is 1. The van der Waals surface area contributed by atoms with Crippen molar-refractivity contribution >= 4 is 17.6 Å². The average Bonchev–Trinajstić information content (AvgIpc) is 2.65. The summed E-state index contributed by atoms with van der Waals surface area (Å²) in [5, 5.41) is 3.25. The van der Waals surface area contributed by atoms with Gasteiger partial charge in [-0.25, -0.2) is 0 Å². The zero-order valence-electron chi connectivity index (χ0n) is 16.2. The van der Waals surface area contributed by atoms with Crippen LogP contribution in [0.4, 0.5) is 5.69 Å². The molecule has 1 N–H and O–H groups in total. The number of hydrogen-bond donors (Lipinski definition) is 1. The van der Waals surface area contributed by atoms with E-state index in [1.165, 1.54) is 0 Å². The normalized spacial score (nSPS) is 15.2. The number of aliphatic imine (C=N–C) groups is 1. The van der Waals surface area contributed by atoms with Crippen LogP contribution in [0.5, 0.6) is 5.75 Å². The van der Waals surface area contributed by atoms with Crippen molar-refractivity contribution in [3.05, 3.63) is 24.3 Å². The van der Waals surface area contributed by atoms with E-state index in [-0.39, 0.29) is 12.1 Å². The molecular weight excluding hydrogens is 332 g/mol. The van der Waals surface area contributed by atoms with Gasteiger partial charge in [-0.1, -0.05) is 12.1 Å². The molecule has 1 aliphatic rings. The maximum atomic E-state index is 11.6. The number of nitrogens with one attached hydrogen (secondary N) is 1. The molecule has 1 heterocycles. The van der Waals surface area contributed by atoms with Crippen LogP contribution >= 0.6 is 0 Å². The number of guanidine groups is 1. The molecule has 0 bridgehead atoms. The Morgan fingerprint density at radius 3 is 2.54 bits per heavy atom. The van der Waals surface area contributed by atoms with Crippen LogP contribution in [0.1, 0.15) is 20.3 Å². The Kier molecular flexibility index (Phi) is 7.56. The van der Waals surface area contributed by atoms with E-state index in [4.69, 9.17) is 9.47 Å². The fourth-order valence-corrected chi connectivity index (χ4v) is 2.98. The van der Waals surface area contributed by atoms with E-state index >= 15 is 0 Å². The minimum atomic E-state index is -0.191. The Hall–Kier alpha value is -2.44. The first-order valence-corrected chi connectivity index (χ1v) is 9.08. The van der Waals surface area contributed by atoms with Crippen molar-refractivity contribution in [2.75, 3.05) is 51.8 Å². The number of carbonyl (C=O) groups is 1. The molecule has 0 aromatic heterocycles. The number of carbonyl (C=O) groups excluding carboxylic acids is 1. The van der Waals surface area contributed by atoms with E-state index in [1.54, 1.807) is 14.2 Å². The molecule has 1 aliphatic heterocycles. The maximum absolute atomic E-state index is 11.6. The summed E-state index contributed by atoms with van der Waals surface area (Å²) in [7, 11) is 3.46. The smallest absolute Gasteiger partial charge is 0.307 e. The molecule has 0 saturated carbocycles. The van der Waals surface area contributed by atoms with Gasteiger partial charge in [-0.15, -0.1) is 0 Å². The van der Waals surface area contributed by atoms with Gasteiger partial charge in [0.05, 0.1) is 25.3 Å². The van der Waals surface area contributed by atoms with Gasteiger partial charge < -0.3 is 24.6 Å². The predicted molar refractivity (Wildman–Crippen MR) is 104 cm³/mol. The molecule has 7 heteroatoms. The first-order valence-electron chi connectivity index (χ1n) is 9.08. The van der Waals surface area contributed by atoms with Gasteiger partial charge in [0, 0.05) is 39.8 Å². The summed E-state index contributed by atoms with van der Waals surface area (Å²) in [6.07, 6.45) is 0.253. The Bertz CT molecular complexity index is 611. The van der Waals surface area contributed by atoms with Crippen LogP contribution in [-0.2, 0) is 9.53 Å². The van der Waals surface area contributed by atoms with Gasteiger partial charge in [0.2, 0.25) is 0 Å². The lowest BCUT2D eigenvalue weighted by atomic mass is 10.2. The van der Waals surface area contributed by atoms with Crippen molar-refractivity contribution in [1.82, 2.24) is 10.2 Å². The largest absolute Gasteiger partial charge is 0.495 e. The second kappa shape index (κ2) is 9.89. The number of benzene rings is 1. The van der Waals surface area contributed by atoms with E-state index < -0.39 is 0 Å². The summed E-state index contributed by atoms with van der Waals surface area (Å²) in [4.78, 5) is 20.5. The fourth-order valence-electron chi connectivity index (χ4n) is 2.98. The van der Waals surface area contributed by atoms with Crippen LogP contribution in [0, 0.1) is 0 Å². The number of para-hydroxylation sites is 2. The van der Waals surface area contributed by atoms with Gasteiger partial charge in [-0.05, 0) is 26.0 Å². The zero-order valence-corrected chi connectivity index (χ0v) is 16.2. The topological polar surface area (TPSA) is 66.4 Å². The van der Waals surface area contributed by atoms with Crippen LogP contribution < -0.4 is 15.0 Å². The van der Waals surface area contributed by atoms with Crippen molar-refractivity contribution < 1.29 is 14.3 Å². The number of hydrogen-bond acceptors (Lipinski definition) is 5. The number of esters is 1. The van der Waals surface area contributed by atoms with E-state index in [1.807, 2.05) is 32.0 Å². The standard InChI is InChI=1S/C19H30N4O3/c1-15(2)26-18(24)9-10-21-19(20-3)23-13-11-22(12-14-23)16-7-5-6-8-17(16)25-4/h5-8,15H,9-14H2,1-4H3,(H,20,21). The van der Waals surface area contributed by atoms with Gasteiger partial charge >= 0.3 is 5.97 Å². The molecule has 1 aromatic rings. The molecule has 0 radical (unpaired) electrons. The van der Waals surface area contributed by atoms with E-state index in [2.05, 4.69) is 26.2 Å². The number of rotatable bonds is 6. The molecule has 2 rings (SSSR count). The Balaban J connectivity index is 1.83. The Morgan fingerprint density at radius 1 is 1.23 bits per heavy atom. The third kappa shape index (κ3) is 5.54. The van der Waals surface area contributed by atoms with Crippen molar-refractivity contribution in [3.8, 4) is 5.75 Å². The third-order valence-electron chi connectivity index (χ3n) is 4.20. The van der Waals surface area contributed by atoms with Crippen LogP contribution in [-0.4, -0.2) is 69.8 Å². The highest BCUT2D eigenvalue weighted by atomic mass is 16.5. The van der Waals surface area contributed by atoms with Crippen molar-refractivity contribution in [2.24, 2.45) is 4.99 Å². The summed E-state index contributed by atoms with van der Waals surface area (Å²) in [5.41, 5.74) is 1.12. The first kappa shape index (κ1) is 19.9. The second-order valence-electron chi connectivity index (χ2n) is 6.41. The number of nitrogens with zero attached hydrogens (tertiary/aromatic N) is 3. The molecule has 0 aliphatic carbocycles. The molecule has 1 saturated heterocycles. The molecule has 1 aromatic carbocycles. The van der Waals surface area contributed by atoms with Gasteiger partial charge in [0.1, 0.15) is 5.75 Å². The highest BCUT2D eigenvalue weighted by Crippen LogP contribution is 2.28. The molecule has 0 atom stereocenters. The van der Waals surface area contributed by atoms with Crippen molar-refractivity contribution in [3.63, 3.8) is 0 Å². The van der Waals surface area contributed by atoms with Gasteiger partial charge in [0.15, 0.2) is 5.96 Å². The lowest BCUT2D eigenvalue weighted by Gasteiger charge is -2.38. The lowest BCUT2D eigenvalue weighted by molar-refractivity contribution is -0.147. The van der Waals surface area contributed by atoms with Crippen molar-refractivity contribution in [2.45, 2.75) is 26.4 Å². The Morgan fingerprint density at radius 2 is 1.92 bits per heavy atom. The van der Waals surface area contributed by atoms with Crippen LogP contribution in [0.2, 0.25) is 0 Å². The van der Waals surface area contributed by atoms with Crippen molar-refractivity contribution in [1.29, 1.82) is 0 Å². The number of anilines is 1. The Labute approximate surface area is 156 Å². The molecule has 144 valence electrons. The summed E-state index contributed by atoms with van der Waals surface area (Å²) in [6, 6.07) is 8.08. The van der Waals surface area contributed by atoms with Gasteiger partial charge in [0.25, 0.3) is 0 Å². The molecular formula is C19H30N4O3. The minimum Gasteiger partial charge on any atom is -0.495 e. The molecule has 0 spiro atoms. The zero-order chi connectivity index (χ0) is 18.9. The van der Waals surface area contributed by atoms with E-state index in [0.717, 1.165) is 43.6 Å². The monoisotopic (exact) mass is 362 g/mol. The molecule has 7 nitrogen and oxygen atoms in total. The van der Waals surface area contributed by atoms with Crippen LogP contribution in [0.25, 0.3) is 0 Å². The van der Waals surface area contributed by atoms with Crippen LogP contribution in [0.15, 0.2) is 29.3 Å². The van der Waals surface area contributed by atoms with Gasteiger partial charge in [-0.2, -0.15) is 0 Å². The molecule has 0 unspecified atom stereocenters. The molecule has 1 fully saturated rings. The first-order chi connectivity index (χ1) is 12.5. The van der Waals surface area contributed by atoms with Gasteiger partial charge in [-0.3, -0.25) is 9.79 Å². The third-order valence-corrected chi connectivity index (χ3v) is 4.20. The second-order valence-corrected chi connectivity index (χ2v) is 6.41. The molecule has 0 amide bonds. The maximum Gasteiger partial charge on any atom is 0.307 e. The summed E-state index contributed by atoms with van der Waals surface area (Å²) in [6.45, 7) is 7.71. The fraction of sp³-hybridized carbons (Fsp3) is 0.579. The summed E-state index contributed by atoms with van der Waals surface area (Å²) < 4.78 is 10.6. The average molecular weight is 362 g/mol. The minimum absolute atomic E-state index is 0.0788. The lowest BCUT2D eigenvalue weighted by Crippen LogP contribution is -2.52. The summed E-state index contributed by atoms with van der Waals surface area (Å²) >= 11 is 0. The van der Waals surface area contributed by atoms with E-state index in [9.17, 15) is 4.79 Å². The SMILES string of the molecule is CN=C(NCCC(=O)OC(C)C)N1CCN(c2ccccc2OC)CC1. The number of ether oxygens (including phenoxy) is 2. The number of methoxy groups -OCH3 is 1. The highest BCUT2D eigenvalue weighted by molar-refractivity contribution is 5.81. The predicted octanol–water partition coefficient (Wildman–Crippen LogP) is 1.73. The molecule has 26 heavy (non-hydrogen) atoms. The van der Waals surface area contributed by atoms with Crippen LogP contribution in [0.3, 0.4) is 0 Å². The summed E-state index contributed by atoms with van der Waals surface area (Å²) in [5.74, 6) is 1.53. The quantitative estimate of drug-likeness (QED) is 0.472.